The number of benzene rings is 2. The van der Waals surface area contributed by atoms with Crippen LogP contribution in [0.4, 0.5) is 5.69 Å². The molecule has 0 radical (unpaired) electrons. The van der Waals surface area contributed by atoms with Crippen LogP contribution in [0.3, 0.4) is 0 Å². The van der Waals surface area contributed by atoms with E-state index in [1.54, 1.807) is 43.0 Å². The third kappa shape index (κ3) is 6.22. The molecule has 3 aromatic rings. The molecular weight excluding hydrogens is 497 g/mol. The van der Waals surface area contributed by atoms with Crippen molar-refractivity contribution in [3.8, 4) is 5.75 Å². The zero-order chi connectivity index (χ0) is 24.8. The highest BCUT2D eigenvalue weighted by atomic mass is 35.5. The summed E-state index contributed by atoms with van der Waals surface area (Å²) in [7, 11) is 3.35. The Hall–Kier alpha value is -2.75. The van der Waals surface area contributed by atoms with E-state index in [4.69, 9.17) is 27.9 Å². The molecule has 1 aromatic heterocycles. The van der Waals surface area contributed by atoms with Crippen LogP contribution in [0, 0.1) is 5.92 Å². The van der Waals surface area contributed by atoms with Gasteiger partial charge < -0.3 is 19.9 Å². The SMILES string of the molecule is COc1ccccc1NC(=O)CSc1nnc([C@@H](NC(=O)c2ccc(Cl)cc2Cl)C(C)C)n1C. The number of aromatic nitrogens is 3. The summed E-state index contributed by atoms with van der Waals surface area (Å²) in [6.07, 6.45) is 0. The summed E-state index contributed by atoms with van der Waals surface area (Å²) >= 11 is 13.4. The fourth-order valence-corrected chi connectivity index (χ4v) is 4.42. The van der Waals surface area contributed by atoms with Crippen LogP contribution in [0.2, 0.25) is 10.0 Å². The van der Waals surface area contributed by atoms with Gasteiger partial charge in [0.15, 0.2) is 11.0 Å². The number of halogens is 2. The third-order valence-corrected chi connectivity index (χ3v) is 6.56. The van der Waals surface area contributed by atoms with E-state index in [9.17, 15) is 9.59 Å². The number of anilines is 1. The molecule has 11 heteroatoms. The predicted molar refractivity (Wildman–Crippen MR) is 135 cm³/mol. The molecule has 2 amide bonds. The molecule has 0 aliphatic carbocycles. The fraction of sp³-hybridized carbons (Fsp3) is 0.304. The number of carbonyl (C=O) groups is 2. The topological polar surface area (TPSA) is 98.1 Å². The van der Waals surface area contributed by atoms with Crippen molar-refractivity contribution in [2.24, 2.45) is 13.0 Å². The highest BCUT2D eigenvalue weighted by Crippen LogP contribution is 2.27. The number of hydrogen-bond donors (Lipinski definition) is 2. The molecule has 2 aromatic carbocycles. The van der Waals surface area contributed by atoms with E-state index >= 15 is 0 Å². The number of para-hydroxylation sites is 2. The van der Waals surface area contributed by atoms with Crippen molar-refractivity contribution in [3.63, 3.8) is 0 Å². The molecule has 0 fully saturated rings. The maximum absolute atomic E-state index is 12.9. The van der Waals surface area contributed by atoms with Gasteiger partial charge >= 0.3 is 0 Å². The normalized spacial score (nSPS) is 11.9. The summed E-state index contributed by atoms with van der Waals surface area (Å²) in [5.74, 6) is 0.756. The van der Waals surface area contributed by atoms with Gasteiger partial charge in [0.1, 0.15) is 5.75 Å². The average molecular weight is 522 g/mol. The van der Waals surface area contributed by atoms with Crippen LogP contribution in [-0.4, -0.2) is 39.4 Å². The lowest BCUT2D eigenvalue weighted by Gasteiger charge is -2.22. The van der Waals surface area contributed by atoms with Crippen LogP contribution >= 0.6 is 35.0 Å². The molecule has 0 aliphatic rings. The van der Waals surface area contributed by atoms with Gasteiger partial charge in [0.05, 0.1) is 35.2 Å². The molecular formula is C23H25Cl2N5O3S. The number of methoxy groups -OCH3 is 1. The summed E-state index contributed by atoms with van der Waals surface area (Å²) in [4.78, 5) is 25.3. The Balaban J connectivity index is 1.69. The smallest absolute Gasteiger partial charge is 0.253 e. The second-order valence-electron chi connectivity index (χ2n) is 7.76. The Kier molecular flexibility index (Phi) is 8.82. The van der Waals surface area contributed by atoms with E-state index in [0.717, 1.165) is 0 Å². The number of ether oxygens (including phenoxy) is 1. The Morgan fingerprint density at radius 1 is 1.15 bits per heavy atom. The number of carbonyl (C=O) groups excluding carboxylic acids is 2. The number of amides is 2. The molecule has 0 bridgehead atoms. The minimum atomic E-state index is -0.423. The first-order valence-electron chi connectivity index (χ1n) is 10.4. The summed E-state index contributed by atoms with van der Waals surface area (Å²) in [5, 5.41) is 15.6. The first-order chi connectivity index (χ1) is 16.2. The minimum Gasteiger partial charge on any atom is -0.495 e. The zero-order valence-electron chi connectivity index (χ0n) is 19.1. The summed E-state index contributed by atoms with van der Waals surface area (Å²) in [5.41, 5.74) is 0.916. The summed E-state index contributed by atoms with van der Waals surface area (Å²) < 4.78 is 7.03. The van der Waals surface area contributed by atoms with Crippen molar-refractivity contribution in [1.82, 2.24) is 20.1 Å². The lowest BCUT2D eigenvalue weighted by Crippen LogP contribution is -2.33. The Morgan fingerprint density at radius 2 is 1.88 bits per heavy atom. The Morgan fingerprint density at radius 3 is 2.56 bits per heavy atom. The van der Waals surface area contributed by atoms with E-state index in [1.807, 2.05) is 26.0 Å². The molecule has 0 saturated heterocycles. The lowest BCUT2D eigenvalue weighted by atomic mass is 10.0. The first kappa shape index (κ1) is 25.9. The highest BCUT2D eigenvalue weighted by Gasteiger charge is 2.26. The average Bonchev–Trinajstić information content (AvgIpc) is 3.16. The number of hydrogen-bond acceptors (Lipinski definition) is 6. The predicted octanol–water partition coefficient (Wildman–Crippen LogP) is 4.99. The van der Waals surface area contributed by atoms with Gasteiger partial charge in [0.2, 0.25) is 5.91 Å². The molecule has 180 valence electrons. The quantitative estimate of drug-likeness (QED) is 0.385. The van der Waals surface area contributed by atoms with E-state index in [0.29, 0.717) is 33.0 Å². The molecule has 1 atom stereocenters. The van der Waals surface area contributed by atoms with Crippen LogP contribution in [0.25, 0.3) is 0 Å². The van der Waals surface area contributed by atoms with Crippen LogP contribution in [0.15, 0.2) is 47.6 Å². The van der Waals surface area contributed by atoms with Gasteiger partial charge in [-0.3, -0.25) is 9.59 Å². The minimum absolute atomic E-state index is 0.0182. The monoisotopic (exact) mass is 521 g/mol. The van der Waals surface area contributed by atoms with E-state index < -0.39 is 6.04 Å². The van der Waals surface area contributed by atoms with E-state index in [2.05, 4.69) is 20.8 Å². The van der Waals surface area contributed by atoms with Gasteiger partial charge in [-0.15, -0.1) is 10.2 Å². The van der Waals surface area contributed by atoms with Crippen molar-refractivity contribution in [1.29, 1.82) is 0 Å². The number of nitrogens with zero attached hydrogens (tertiary/aromatic N) is 3. The van der Waals surface area contributed by atoms with Gasteiger partial charge in [0, 0.05) is 12.1 Å². The molecule has 1 heterocycles. The maximum atomic E-state index is 12.9. The van der Waals surface area contributed by atoms with Crippen molar-refractivity contribution >= 4 is 52.5 Å². The zero-order valence-corrected chi connectivity index (χ0v) is 21.5. The summed E-state index contributed by atoms with van der Waals surface area (Å²) in [6, 6.07) is 11.5. The molecule has 2 N–H and O–H groups in total. The number of rotatable bonds is 9. The van der Waals surface area contributed by atoms with Gasteiger partial charge in [-0.1, -0.05) is 60.9 Å². The van der Waals surface area contributed by atoms with E-state index in [-0.39, 0.29) is 28.5 Å². The molecule has 3 rings (SSSR count). The van der Waals surface area contributed by atoms with Gasteiger partial charge in [-0.2, -0.15) is 0 Å². The van der Waals surface area contributed by atoms with Gasteiger partial charge in [0.25, 0.3) is 5.91 Å². The number of thioether (sulfide) groups is 1. The lowest BCUT2D eigenvalue weighted by molar-refractivity contribution is -0.113. The second kappa shape index (κ2) is 11.6. The second-order valence-corrected chi connectivity index (χ2v) is 9.54. The summed E-state index contributed by atoms with van der Waals surface area (Å²) in [6.45, 7) is 3.94. The molecule has 8 nitrogen and oxygen atoms in total. The number of nitrogens with one attached hydrogen (secondary N) is 2. The molecule has 0 spiro atoms. The maximum Gasteiger partial charge on any atom is 0.253 e. The van der Waals surface area contributed by atoms with Crippen LogP contribution < -0.4 is 15.4 Å². The molecule has 0 saturated carbocycles. The van der Waals surface area contributed by atoms with Crippen molar-refractivity contribution in [2.45, 2.75) is 25.0 Å². The van der Waals surface area contributed by atoms with Crippen LogP contribution in [0.1, 0.15) is 36.1 Å². The van der Waals surface area contributed by atoms with E-state index in [1.165, 1.54) is 17.8 Å². The standard InChI is InChI=1S/C23H25Cl2N5O3S/c1-13(2)20(27-22(32)15-10-9-14(24)11-16(15)25)21-28-29-23(30(21)3)34-12-19(31)26-17-7-5-6-8-18(17)33-4/h5-11,13,20H,12H2,1-4H3,(H,26,31)(H,27,32)/t20-/m0/s1. The van der Waals surface area contributed by atoms with Crippen LogP contribution in [0.5, 0.6) is 5.75 Å². The largest absolute Gasteiger partial charge is 0.495 e. The highest BCUT2D eigenvalue weighted by molar-refractivity contribution is 7.99. The van der Waals surface area contributed by atoms with Crippen molar-refractivity contribution in [2.75, 3.05) is 18.2 Å². The van der Waals surface area contributed by atoms with Crippen molar-refractivity contribution < 1.29 is 14.3 Å². The van der Waals surface area contributed by atoms with Gasteiger partial charge in [-0.25, -0.2) is 0 Å². The Labute approximate surface area is 212 Å². The first-order valence-corrected chi connectivity index (χ1v) is 12.2. The molecule has 0 unspecified atom stereocenters. The van der Waals surface area contributed by atoms with Gasteiger partial charge in [-0.05, 0) is 36.2 Å². The van der Waals surface area contributed by atoms with Crippen molar-refractivity contribution in [3.05, 3.63) is 63.9 Å². The fourth-order valence-electron chi connectivity index (χ4n) is 3.21. The Bertz CT molecular complexity index is 1190. The third-order valence-electron chi connectivity index (χ3n) is 4.99. The van der Waals surface area contributed by atoms with Crippen LogP contribution in [-0.2, 0) is 11.8 Å². The molecule has 34 heavy (non-hydrogen) atoms. The molecule has 0 aliphatic heterocycles.